The molecule has 0 atom stereocenters. The molecule has 6 nitrogen and oxygen atoms in total. The molecule has 0 spiro atoms. The van der Waals surface area contributed by atoms with Crippen molar-refractivity contribution in [1.82, 2.24) is 20.5 Å². The van der Waals surface area contributed by atoms with Crippen molar-refractivity contribution in [3.8, 4) is 0 Å². The van der Waals surface area contributed by atoms with Gasteiger partial charge in [-0.1, -0.05) is 12.8 Å². The molecule has 25 heavy (non-hydrogen) atoms. The van der Waals surface area contributed by atoms with Crippen molar-refractivity contribution in [2.24, 2.45) is 4.99 Å². The Hall–Kier alpha value is -1.82. The SMILES string of the molecule is CCNC(=NCc1ccnc(N2CCN(C)CC2)c1)NC1CCCC1. The summed E-state index contributed by atoms with van der Waals surface area (Å²) in [4.78, 5) is 14.1. The van der Waals surface area contributed by atoms with E-state index in [2.05, 4.69) is 51.5 Å². The lowest BCUT2D eigenvalue weighted by Crippen LogP contribution is -2.44. The van der Waals surface area contributed by atoms with Gasteiger partial charge in [0.25, 0.3) is 0 Å². The van der Waals surface area contributed by atoms with E-state index in [1.807, 2.05) is 6.20 Å². The maximum atomic E-state index is 4.79. The Morgan fingerprint density at radius 3 is 2.72 bits per heavy atom. The van der Waals surface area contributed by atoms with E-state index in [4.69, 9.17) is 4.99 Å². The van der Waals surface area contributed by atoms with Crippen LogP contribution in [-0.2, 0) is 6.54 Å². The summed E-state index contributed by atoms with van der Waals surface area (Å²) < 4.78 is 0. The Bertz CT molecular complexity index is 559. The largest absolute Gasteiger partial charge is 0.357 e. The van der Waals surface area contributed by atoms with E-state index >= 15 is 0 Å². The molecule has 6 heteroatoms. The van der Waals surface area contributed by atoms with E-state index in [9.17, 15) is 0 Å². The highest BCUT2D eigenvalue weighted by molar-refractivity contribution is 5.80. The van der Waals surface area contributed by atoms with Crippen LogP contribution in [0.15, 0.2) is 23.3 Å². The molecule has 2 heterocycles. The van der Waals surface area contributed by atoms with Gasteiger partial charge in [0.05, 0.1) is 6.54 Å². The molecule has 1 saturated heterocycles. The summed E-state index contributed by atoms with van der Waals surface area (Å²) in [5, 5.41) is 6.95. The molecule has 1 aliphatic heterocycles. The van der Waals surface area contributed by atoms with Crippen LogP contribution in [0.2, 0.25) is 0 Å². The first-order valence-corrected chi connectivity index (χ1v) is 9.68. The first-order valence-electron chi connectivity index (χ1n) is 9.68. The number of anilines is 1. The van der Waals surface area contributed by atoms with Crippen molar-refractivity contribution in [2.75, 3.05) is 44.7 Å². The van der Waals surface area contributed by atoms with Crippen LogP contribution in [0.3, 0.4) is 0 Å². The molecular weight excluding hydrogens is 312 g/mol. The molecule has 0 unspecified atom stereocenters. The Balaban J connectivity index is 1.61. The van der Waals surface area contributed by atoms with Crippen molar-refractivity contribution in [1.29, 1.82) is 0 Å². The number of likely N-dealkylation sites (N-methyl/N-ethyl adjacent to an activating group) is 1. The summed E-state index contributed by atoms with van der Waals surface area (Å²) in [7, 11) is 2.18. The van der Waals surface area contributed by atoms with Gasteiger partial charge in [-0.25, -0.2) is 9.98 Å². The van der Waals surface area contributed by atoms with Crippen molar-refractivity contribution < 1.29 is 0 Å². The van der Waals surface area contributed by atoms with Gasteiger partial charge in [0.15, 0.2) is 5.96 Å². The number of hydrogen-bond donors (Lipinski definition) is 2. The highest BCUT2D eigenvalue weighted by atomic mass is 15.3. The number of nitrogens with one attached hydrogen (secondary N) is 2. The molecule has 1 aromatic heterocycles. The Kier molecular flexibility index (Phi) is 6.50. The van der Waals surface area contributed by atoms with Gasteiger partial charge in [0.2, 0.25) is 0 Å². The van der Waals surface area contributed by atoms with Gasteiger partial charge in [-0.15, -0.1) is 0 Å². The van der Waals surface area contributed by atoms with Gasteiger partial charge in [-0.05, 0) is 44.5 Å². The summed E-state index contributed by atoms with van der Waals surface area (Å²) in [6.07, 6.45) is 7.09. The minimum atomic E-state index is 0.580. The number of pyridine rings is 1. The van der Waals surface area contributed by atoms with Crippen LogP contribution < -0.4 is 15.5 Å². The van der Waals surface area contributed by atoms with Crippen molar-refractivity contribution in [2.45, 2.75) is 45.2 Å². The number of aliphatic imine (C=N–C) groups is 1. The third-order valence-electron chi connectivity index (χ3n) is 5.10. The standard InChI is InChI=1S/C19H32N6/c1-3-20-19(23-17-6-4-5-7-17)22-15-16-8-9-21-18(14-16)25-12-10-24(2)11-13-25/h8-9,14,17H,3-7,10-13,15H2,1-2H3,(H2,20,22,23). The second kappa shape index (κ2) is 9.04. The van der Waals surface area contributed by atoms with Crippen LogP contribution in [-0.4, -0.2) is 61.7 Å². The Morgan fingerprint density at radius 2 is 2.00 bits per heavy atom. The number of rotatable bonds is 5. The first kappa shape index (κ1) is 18.0. The van der Waals surface area contributed by atoms with Gasteiger partial charge >= 0.3 is 0 Å². The molecule has 2 fully saturated rings. The Labute approximate surface area is 151 Å². The van der Waals surface area contributed by atoms with E-state index in [1.54, 1.807) is 0 Å². The first-order chi connectivity index (χ1) is 12.2. The highest BCUT2D eigenvalue weighted by Gasteiger charge is 2.17. The molecule has 2 aliphatic rings. The lowest BCUT2D eigenvalue weighted by molar-refractivity contribution is 0.312. The second-order valence-corrected chi connectivity index (χ2v) is 7.13. The predicted octanol–water partition coefficient (Wildman–Crippen LogP) is 1.83. The summed E-state index contributed by atoms with van der Waals surface area (Å²) >= 11 is 0. The number of piperazine rings is 1. The van der Waals surface area contributed by atoms with E-state index in [0.717, 1.165) is 44.5 Å². The molecule has 0 amide bonds. The summed E-state index contributed by atoms with van der Waals surface area (Å²) in [5.41, 5.74) is 1.22. The lowest BCUT2D eigenvalue weighted by Gasteiger charge is -2.33. The van der Waals surface area contributed by atoms with E-state index in [-0.39, 0.29) is 0 Å². The fraction of sp³-hybridized carbons (Fsp3) is 0.684. The molecule has 1 saturated carbocycles. The monoisotopic (exact) mass is 344 g/mol. The highest BCUT2D eigenvalue weighted by Crippen LogP contribution is 2.18. The van der Waals surface area contributed by atoms with Crippen LogP contribution in [0.4, 0.5) is 5.82 Å². The van der Waals surface area contributed by atoms with Crippen LogP contribution in [0.5, 0.6) is 0 Å². The molecule has 2 N–H and O–H groups in total. The van der Waals surface area contributed by atoms with Gasteiger partial charge in [-0.2, -0.15) is 0 Å². The number of nitrogens with zero attached hydrogens (tertiary/aromatic N) is 4. The van der Waals surface area contributed by atoms with Gasteiger partial charge in [0.1, 0.15) is 5.82 Å². The maximum Gasteiger partial charge on any atom is 0.191 e. The number of aromatic nitrogens is 1. The quantitative estimate of drug-likeness (QED) is 0.630. The molecule has 138 valence electrons. The summed E-state index contributed by atoms with van der Waals surface area (Å²) in [6.45, 7) is 7.97. The topological polar surface area (TPSA) is 55.8 Å². The van der Waals surface area contributed by atoms with Gasteiger partial charge < -0.3 is 20.4 Å². The van der Waals surface area contributed by atoms with Crippen LogP contribution >= 0.6 is 0 Å². The average Bonchev–Trinajstić information content (AvgIpc) is 3.14. The molecule has 1 aromatic rings. The maximum absolute atomic E-state index is 4.79. The Morgan fingerprint density at radius 1 is 1.24 bits per heavy atom. The van der Waals surface area contributed by atoms with Crippen molar-refractivity contribution in [3.05, 3.63) is 23.9 Å². The molecule has 3 rings (SSSR count). The fourth-order valence-corrected chi connectivity index (χ4v) is 3.52. The third kappa shape index (κ3) is 5.33. The normalized spacial score (nSPS) is 20.1. The smallest absolute Gasteiger partial charge is 0.191 e. The predicted molar refractivity (Wildman–Crippen MR) is 104 cm³/mol. The van der Waals surface area contributed by atoms with Crippen LogP contribution in [0, 0.1) is 0 Å². The zero-order valence-corrected chi connectivity index (χ0v) is 15.7. The summed E-state index contributed by atoms with van der Waals surface area (Å²) in [5.74, 6) is 2.02. The van der Waals surface area contributed by atoms with Crippen molar-refractivity contribution >= 4 is 11.8 Å². The lowest BCUT2D eigenvalue weighted by atomic mass is 10.2. The molecule has 1 aliphatic carbocycles. The zero-order chi connectivity index (χ0) is 17.5. The van der Waals surface area contributed by atoms with Gasteiger partial charge in [0, 0.05) is 45.0 Å². The van der Waals surface area contributed by atoms with E-state index in [0.29, 0.717) is 12.6 Å². The molecule has 0 bridgehead atoms. The van der Waals surface area contributed by atoms with Crippen molar-refractivity contribution in [3.63, 3.8) is 0 Å². The van der Waals surface area contributed by atoms with E-state index in [1.165, 1.54) is 31.2 Å². The summed E-state index contributed by atoms with van der Waals surface area (Å²) in [6, 6.07) is 4.84. The third-order valence-corrected chi connectivity index (χ3v) is 5.10. The zero-order valence-electron chi connectivity index (χ0n) is 15.7. The van der Waals surface area contributed by atoms with Crippen LogP contribution in [0.25, 0.3) is 0 Å². The van der Waals surface area contributed by atoms with Crippen LogP contribution in [0.1, 0.15) is 38.2 Å². The minimum Gasteiger partial charge on any atom is -0.357 e. The average molecular weight is 345 g/mol. The number of hydrogen-bond acceptors (Lipinski definition) is 4. The van der Waals surface area contributed by atoms with Gasteiger partial charge in [-0.3, -0.25) is 0 Å². The van der Waals surface area contributed by atoms with E-state index < -0.39 is 0 Å². The molecule has 0 aromatic carbocycles. The second-order valence-electron chi connectivity index (χ2n) is 7.13. The minimum absolute atomic E-state index is 0.580. The number of guanidine groups is 1. The molecular formula is C19H32N6. The fourth-order valence-electron chi connectivity index (χ4n) is 3.52. The molecule has 0 radical (unpaired) electrons.